The maximum Gasteiger partial charge on any atom is 0.137 e. The normalized spacial score (nSPS) is 12.9. The molecule has 1 atom stereocenters. The van der Waals surface area contributed by atoms with Crippen LogP contribution in [0.5, 0.6) is 0 Å². The van der Waals surface area contributed by atoms with Crippen molar-refractivity contribution < 1.29 is 9.50 Å². The summed E-state index contributed by atoms with van der Waals surface area (Å²) in [6, 6.07) is 4.98. The molecule has 0 amide bonds. The molecule has 0 heterocycles. The maximum absolute atomic E-state index is 13.0. The van der Waals surface area contributed by atoms with E-state index in [1.807, 2.05) is 6.07 Å². The first-order valence-corrected chi connectivity index (χ1v) is 5.21. The number of hydrogen-bond acceptors (Lipinski definition) is 2. The van der Waals surface area contributed by atoms with Gasteiger partial charge in [0.25, 0.3) is 0 Å². The van der Waals surface area contributed by atoms with Gasteiger partial charge in [-0.05, 0) is 40.5 Å². The largest absolute Gasteiger partial charge is 0.392 e. The Bertz CT molecular complexity index is 304. The van der Waals surface area contributed by atoms with Crippen molar-refractivity contribution in [2.24, 2.45) is 0 Å². The zero-order valence-electron chi connectivity index (χ0n) is 7.93. The van der Waals surface area contributed by atoms with E-state index < -0.39 is 0 Å². The minimum absolute atomic E-state index is 0.263. The first-order chi connectivity index (χ1) is 6.59. The average Bonchev–Trinajstić information content (AvgIpc) is 2.10. The lowest BCUT2D eigenvalue weighted by atomic mass is 10.2. The lowest BCUT2D eigenvalue weighted by Crippen LogP contribution is -2.23. The molecule has 0 aliphatic rings. The Morgan fingerprint density at radius 2 is 2.29 bits per heavy atom. The van der Waals surface area contributed by atoms with E-state index in [-0.39, 0.29) is 11.9 Å². The Labute approximate surface area is 91.3 Å². The lowest BCUT2D eigenvalue weighted by Gasteiger charge is -2.07. The molecular formula is C10H13BrFNO. The highest BCUT2D eigenvalue weighted by Crippen LogP contribution is 2.16. The summed E-state index contributed by atoms with van der Waals surface area (Å²) in [5.41, 5.74) is 0.867. The maximum atomic E-state index is 13.0. The van der Waals surface area contributed by atoms with Gasteiger partial charge >= 0.3 is 0 Å². The summed E-state index contributed by atoms with van der Waals surface area (Å²) in [6.45, 7) is 2.78. The Morgan fingerprint density at radius 3 is 2.86 bits per heavy atom. The van der Waals surface area contributed by atoms with Gasteiger partial charge in [0.15, 0.2) is 0 Å². The first kappa shape index (κ1) is 11.6. The zero-order chi connectivity index (χ0) is 10.6. The van der Waals surface area contributed by atoms with Gasteiger partial charge in [0.2, 0.25) is 0 Å². The van der Waals surface area contributed by atoms with Crippen molar-refractivity contribution in [2.75, 3.05) is 6.54 Å². The van der Waals surface area contributed by atoms with Gasteiger partial charge in [0, 0.05) is 13.1 Å². The lowest BCUT2D eigenvalue weighted by molar-refractivity contribution is 0.191. The van der Waals surface area contributed by atoms with Gasteiger partial charge in [-0.3, -0.25) is 0 Å². The van der Waals surface area contributed by atoms with E-state index >= 15 is 0 Å². The Balaban J connectivity index is 2.47. The van der Waals surface area contributed by atoms with Crippen molar-refractivity contribution in [3.63, 3.8) is 0 Å². The van der Waals surface area contributed by atoms with E-state index in [0.29, 0.717) is 17.6 Å². The van der Waals surface area contributed by atoms with Gasteiger partial charge < -0.3 is 10.4 Å². The van der Waals surface area contributed by atoms with Crippen LogP contribution >= 0.6 is 15.9 Å². The van der Waals surface area contributed by atoms with E-state index in [4.69, 9.17) is 5.11 Å². The Morgan fingerprint density at radius 1 is 1.57 bits per heavy atom. The highest BCUT2D eigenvalue weighted by Gasteiger charge is 2.00. The van der Waals surface area contributed by atoms with Crippen LogP contribution in [0.1, 0.15) is 12.5 Å². The van der Waals surface area contributed by atoms with Crippen LogP contribution in [0.3, 0.4) is 0 Å². The van der Waals surface area contributed by atoms with Crippen LogP contribution in [0.25, 0.3) is 0 Å². The number of hydrogen-bond donors (Lipinski definition) is 2. The Kier molecular flexibility index (Phi) is 4.51. The fraction of sp³-hybridized carbons (Fsp3) is 0.400. The van der Waals surface area contributed by atoms with E-state index in [9.17, 15) is 4.39 Å². The molecule has 2 N–H and O–H groups in total. The van der Waals surface area contributed by atoms with Crippen LogP contribution in [-0.4, -0.2) is 17.8 Å². The van der Waals surface area contributed by atoms with Crippen molar-refractivity contribution in [2.45, 2.75) is 19.6 Å². The summed E-state index contributed by atoms with van der Waals surface area (Å²) in [4.78, 5) is 0. The van der Waals surface area contributed by atoms with Gasteiger partial charge in [0.1, 0.15) is 5.82 Å². The van der Waals surface area contributed by atoms with E-state index in [1.165, 1.54) is 6.07 Å². The minimum atomic E-state index is -0.379. The number of benzene rings is 1. The number of rotatable bonds is 4. The molecule has 0 aliphatic heterocycles. The van der Waals surface area contributed by atoms with Gasteiger partial charge in [-0.15, -0.1) is 0 Å². The molecule has 1 rings (SSSR count). The molecule has 2 nitrogen and oxygen atoms in total. The van der Waals surface area contributed by atoms with Gasteiger partial charge in [-0.1, -0.05) is 6.07 Å². The van der Waals surface area contributed by atoms with Gasteiger partial charge in [0.05, 0.1) is 10.6 Å². The molecule has 1 aromatic carbocycles. The van der Waals surface area contributed by atoms with Gasteiger partial charge in [-0.2, -0.15) is 0 Å². The van der Waals surface area contributed by atoms with Crippen molar-refractivity contribution in [3.05, 3.63) is 34.1 Å². The van der Waals surface area contributed by atoms with E-state index in [0.717, 1.165) is 5.56 Å². The standard InChI is InChI=1S/C10H13BrFNO/c1-7(14)5-13-6-8-2-3-9(11)10(12)4-8/h2-4,7,13-14H,5-6H2,1H3/t7-/m0/s1. The summed E-state index contributed by atoms with van der Waals surface area (Å²) < 4.78 is 13.5. The molecule has 78 valence electrons. The molecule has 0 fully saturated rings. The molecule has 0 spiro atoms. The highest BCUT2D eigenvalue weighted by molar-refractivity contribution is 9.10. The second kappa shape index (κ2) is 5.44. The molecule has 0 aliphatic carbocycles. The van der Waals surface area contributed by atoms with Crippen LogP contribution in [0.2, 0.25) is 0 Å². The Hall–Kier alpha value is -0.450. The fourth-order valence-electron chi connectivity index (χ4n) is 1.07. The topological polar surface area (TPSA) is 32.3 Å². The molecule has 0 aromatic heterocycles. The van der Waals surface area contributed by atoms with Crippen LogP contribution in [0.4, 0.5) is 4.39 Å². The number of aliphatic hydroxyl groups is 1. The highest BCUT2D eigenvalue weighted by atomic mass is 79.9. The van der Waals surface area contributed by atoms with Crippen LogP contribution in [0, 0.1) is 5.82 Å². The zero-order valence-corrected chi connectivity index (χ0v) is 9.51. The second-order valence-electron chi connectivity index (χ2n) is 3.23. The third-order valence-corrected chi connectivity index (χ3v) is 2.40. The predicted molar refractivity (Wildman–Crippen MR) is 57.5 cm³/mol. The van der Waals surface area contributed by atoms with Crippen molar-refractivity contribution in [3.8, 4) is 0 Å². The third-order valence-electron chi connectivity index (χ3n) is 1.75. The van der Waals surface area contributed by atoms with E-state index in [2.05, 4.69) is 21.2 Å². The molecule has 0 saturated heterocycles. The summed E-state index contributed by atoms with van der Waals surface area (Å²) in [6.07, 6.45) is -0.379. The quantitative estimate of drug-likeness (QED) is 0.870. The molecule has 0 bridgehead atoms. The average molecular weight is 262 g/mol. The predicted octanol–water partition coefficient (Wildman–Crippen LogP) is 2.06. The fourth-order valence-corrected chi connectivity index (χ4v) is 1.32. The molecule has 4 heteroatoms. The molecule has 0 unspecified atom stereocenters. The summed E-state index contributed by atoms with van der Waals surface area (Å²) in [7, 11) is 0. The molecular weight excluding hydrogens is 249 g/mol. The summed E-state index contributed by atoms with van der Waals surface area (Å²) in [5.74, 6) is -0.263. The first-order valence-electron chi connectivity index (χ1n) is 4.42. The summed E-state index contributed by atoms with van der Waals surface area (Å²) in [5, 5.41) is 12.0. The third kappa shape index (κ3) is 3.74. The van der Waals surface area contributed by atoms with E-state index in [1.54, 1.807) is 13.0 Å². The number of nitrogens with one attached hydrogen (secondary N) is 1. The van der Waals surface area contributed by atoms with Crippen LogP contribution < -0.4 is 5.32 Å². The smallest absolute Gasteiger partial charge is 0.137 e. The SMILES string of the molecule is C[C@H](O)CNCc1ccc(Br)c(F)c1. The minimum Gasteiger partial charge on any atom is -0.392 e. The molecule has 1 aromatic rings. The molecule has 0 saturated carbocycles. The number of halogens is 2. The monoisotopic (exact) mass is 261 g/mol. The number of aliphatic hydroxyl groups excluding tert-OH is 1. The van der Waals surface area contributed by atoms with Crippen molar-refractivity contribution in [1.82, 2.24) is 5.32 Å². The van der Waals surface area contributed by atoms with Gasteiger partial charge in [-0.25, -0.2) is 4.39 Å². The molecule has 0 radical (unpaired) electrons. The van der Waals surface area contributed by atoms with Crippen molar-refractivity contribution >= 4 is 15.9 Å². The molecule has 14 heavy (non-hydrogen) atoms. The second-order valence-corrected chi connectivity index (χ2v) is 4.08. The van der Waals surface area contributed by atoms with Crippen LogP contribution in [0.15, 0.2) is 22.7 Å². The van der Waals surface area contributed by atoms with Crippen molar-refractivity contribution in [1.29, 1.82) is 0 Å². The van der Waals surface area contributed by atoms with Crippen LogP contribution in [-0.2, 0) is 6.54 Å². The summed E-state index contributed by atoms with van der Waals surface area (Å²) >= 11 is 3.09.